The molecule has 0 bridgehead atoms. The summed E-state index contributed by atoms with van der Waals surface area (Å²) in [5, 5.41) is 3.37. The van der Waals surface area contributed by atoms with E-state index in [9.17, 15) is 0 Å². The summed E-state index contributed by atoms with van der Waals surface area (Å²) in [6, 6.07) is 2.16. The van der Waals surface area contributed by atoms with Crippen molar-refractivity contribution in [2.24, 2.45) is 7.05 Å². The van der Waals surface area contributed by atoms with Crippen molar-refractivity contribution in [2.75, 3.05) is 13.6 Å². The van der Waals surface area contributed by atoms with Gasteiger partial charge in [-0.05, 0) is 33.0 Å². The van der Waals surface area contributed by atoms with Crippen LogP contribution in [0, 0.1) is 6.92 Å². The Hall–Kier alpha value is -1.59. The van der Waals surface area contributed by atoms with Crippen LogP contribution >= 0.6 is 0 Å². The Morgan fingerprint density at radius 3 is 2.86 bits per heavy atom. The first-order chi connectivity index (χ1) is 10.1. The molecule has 1 N–H and O–H groups in total. The number of rotatable bonds is 8. The standard InChI is InChI=1S/C16H26N4O/c1-5-6-17-10-15-9-14(13(2)21-15)11-19(3)12-16-18-7-8-20(16)4/h7-9,17H,5-6,10-12H2,1-4H3. The summed E-state index contributed by atoms with van der Waals surface area (Å²) in [5.41, 5.74) is 1.25. The van der Waals surface area contributed by atoms with Gasteiger partial charge in [0, 0.05) is 31.5 Å². The van der Waals surface area contributed by atoms with Crippen molar-refractivity contribution >= 4 is 0 Å². The summed E-state index contributed by atoms with van der Waals surface area (Å²) in [6.45, 7) is 7.73. The van der Waals surface area contributed by atoms with E-state index >= 15 is 0 Å². The fourth-order valence-corrected chi connectivity index (χ4v) is 2.36. The van der Waals surface area contributed by atoms with E-state index in [2.05, 4.69) is 39.8 Å². The second-order valence-corrected chi connectivity index (χ2v) is 5.60. The van der Waals surface area contributed by atoms with Crippen LogP contribution in [0.4, 0.5) is 0 Å². The van der Waals surface area contributed by atoms with E-state index in [0.717, 1.165) is 49.9 Å². The molecule has 21 heavy (non-hydrogen) atoms. The molecule has 5 nitrogen and oxygen atoms in total. The van der Waals surface area contributed by atoms with Crippen molar-refractivity contribution in [2.45, 2.75) is 39.9 Å². The zero-order valence-corrected chi connectivity index (χ0v) is 13.5. The second-order valence-electron chi connectivity index (χ2n) is 5.60. The summed E-state index contributed by atoms with van der Waals surface area (Å²) >= 11 is 0. The van der Waals surface area contributed by atoms with Crippen LogP contribution < -0.4 is 5.32 Å². The monoisotopic (exact) mass is 290 g/mol. The Morgan fingerprint density at radius 2 is 2.19 bits per heavy atom. The third-order valence-corrected chi connectivity index (χ3v) is 3.57. The lowest BCUT2D eigenvalue weighted by molar-refractivity contribution is 0.304. The van der Waals surface area contributed by atoms with Gasteiger partial charge in [-0.15, -0.1) is 0 Å². The number of imidazole rings is 1. The third kappa shape index (κ3) is 4.44. The molecule has 0 fully saturated rings. The van der Waals surface area contributed by atoms with Gasteiger partial charge in [0.2, 0.25) is 0 Å². The van der Waals surface area contributed by atoms with Crippen molar-refractivity contribution in [1.82, 2.24) is 19.8 Å². The minimum absolute atomic E-state index is 0.803. The summed E-state index contributed by atoms with van der Waals surface area (Å²) in [6.07, 6.45) is 4.95. The molecule has 0 unspecified atom stereocenters. The summed E-state index contributed by atoms with van der Waals surface area (Å²) < 4.78 is 7.87. The first-order valence-corrected chi connectivity index (χ1v) is 7.53. The number of hydrogen-bond donors (Lipinski definition) is 1. The minimum Gasteiger partial charge on any atom is -0.465 e. The van der Waals surface area contributed by atoms with Crippen molar-refractivity contribution in [3.8, 4) is 0 Å². The fourth-order valence-electron chi connectivity index (χ4n) is 2.36. The highest BCUT2D eigenvalue weighted by atomic mass is 16.3. The van der Waals surface area contributed by atoms with Crippen LogP contribution in [0.2, 0.25) is 0 Å². The fraction of sp³-hybridized carbons (Fsp3) is 0.562. The summed E-state index contributed by atoms with van der Waals surface area (Å²) in [7, 11) is 4.13. The van der Waals surface area contributed by atoms with Gasteiger partial charge in [0.15, 0.2) is 0 Å². The number of nitrogens with zero attached hydrogens (tertiary/aromatic N) is 3. The number of hydrogen-bond acceptors (Lipinski definition) is 4. The van der Waals surface area contributed by atoms with Crippen molar-refractivity contribution in [1.29, 1.82) is 0 Å². The Kier molecular flexibility index (Phi) is 5.59. The topological polar surface area (TPSA) is 46.2 Å². The molecule has 0 aliphatic carbocycles. The van der Waals surface area contributed by atoms with E-state index < -0.39 is 0 Å². The molecule has 0 aliphatic rings. The summed E-state index contributed by atoms with van der Waals surface area (Å²) in [4.78, 5) is 6.62. The van der Waals surface area contributed by atoms with E-state index in [1.54, 1.807) is 0 Å². The highest BCUT2D eigenvalue weighted by Crippen LogP contribution is 2.17. The zero-order valence-electron chi connectivity index (χ0n) is 13.5. The van der Waals surface area contributed by atoms with Crippen LogP contribution in [0.1, 0.15) is 36.3 Å². The lowest BCUT2D eigenvalue weighted by atomic mass is 10.2. The highest BCUT2D eigenvalue weighted by molar-refractivity contribution is 5.20. The first-order valence-electron chi connectivity index (χ1n) is 7.53. The van der Waals surface area contributed by atoms with Gasteiger partial charge >= 0.3 is 0 Å². The van der Waals surface area contributed by atoms with Gasteiger partial charge < -0.3 is 14.3 Å². The average molecular weight is 290 g/mol. The second kappa shape index (κ2) is 7.43. The minimum atomic E-state index is 0.803. The maximum atomic E-state index is 5.81. The molecule has 0 amide bonds. The first kappa shape index (κ1) is 15.8. The van der Waals surface area contributed by atoms with Crippen LogP contribution in [0.5, 0.6) is 0 Å². The van der Waals surface area contributed by atoms with Gasteiger partial charge in [-0.2, -0.15) is 0 Å². The Balaban J connectivity index is 1.91. The van der Waals surface area contributed by atoms with Gasteiger partial charge in [-0.25, -0.2) is 4.98 Å². The third-order valence-electron chi connectivity index (χ3n) is 3.57. The van der Waals surface area contributed by atoms with Gasteiger partial charge in [-0.1, -0.05) is 6.92 Å². The smallest absolute Gasteiger partial charge is 0.122 e. The maximum absolute atomic E-state index is 5.81. The molecule has 0 atom stereocenters. The summed E-state index contributed by atoms with van der Waals surface area (Å²) in [5.74, 6) is 3.10. The van der Waals surface area contributed by atoms with Crippen LogP contribution in [0.25, 0.3) is 0 Å². The Bertz CT molecular complexity index is 558. The Morgan fingerprint density at radius 1 is 1.38 bits per heavy atom. The number of aryl methyl sites for hydroxylation is 2. The molecule has 0 radical (unpaired) electrons. The molecule has 2 rings (SSSR count). The van der Waals surface area contributed by atoms with Crippen molar-refractivity contribution in [3.63, 3.8) is 0 Å². The van der Waals surface area contributed by atoms with E-state index in [4.69, 9.17) is 4.42 Å². The van der Waals surface area contributed by atoms with Crippen LogP contribution in [-0.2, 0) is 26.7 Å². The molecule has 5 heteroatoms. The van der Waals surface area contributed by atoms with Crippen molar-refractivity contribution in [3.05, 3.63) is 41.4 Å². The predicted molar refractivity (Wildman–Crippen MR) is 83.8 cm³/mol. The van der Waals surface area contributed by atoms with E-state index in [1.165, 1.54) is 5.56 Å². The molecular weight excluding hydrogens is 264 g/mol. The van der Waals surface area contributed by atoms with E-state index in [0.29, 0.717) is 0 Å². The quantitative estimate of drug-likeness (QED) is 0.759. The average Bonchev–Trinajstić information content (AvgIpc) is 2.98. The molecule has 0 saturated heterocycles. The molecule has 116 valence electrons. The van der Waals surface area contributed by atoms with Gasteiger partial charge in [0.05, 0.1) is 13.1 Å². The SMILES string of the molecule is CCCNCc1cc(CN(C)Cc2nccn2C)c(C)o1. The molecule has 2 aromatic heterocycles. The van der Waals surface area contributed by atoms with Gasteiger partial charge in [0.1, 0.15) is 17.3 Å². The molecule has 0 aliphatic heterocycles. The normalized spacial score (nSPS) is 11.5. The van der Waals surface area contributed by atoms with Gasteiger partial charge in [-0.3, -0.25) is 4.90 Å². The molecule has 0 spiro atoms. The largest absolute Gasteiger partial charge is 0.465 e. The van der Waals surface area contributed by atoms with Crippen molar-refractivity contribution < 1.29 is 4.42 Å². The number of aromatic nitrogens is 2. The molecule has 2 heterocycles. The van der Waals surface area contributed by atoms with Gasteiger partial charge in [0.25, 0.3) is 0 Å². The maximum Gasteiger partial charge on any atom is 0.122 e. The lowest BCUT2D eigenvalue weighted by Gasteiger charge is -2.15. The molecule has 2 aromatic rings. The van der Waals surface area contributed by atoms with Crippen LogP contribution in [-0.4, -0.2) is 28.0 Å². The van der Waals surface area contributed by atoms with E-state index in [1.807, 2.05) is 26.4 Å². The Labute approximate surface area is 127 Å². The van der Waals surface area contributed by atoms with Crippen LogP contribution in [0.15, 0.2) is 22.9 Å². The molecule has 0 aromatic carbocycles. The lowest BCUT2D eigenvalue weighted by Crippen LogP contribution is -2.19. The highest BCUT2D eigenvalue weighted by Gasteiger charge is 2.11. The molecule has 0 saturated carbocycles. The van der Waals surface area contributed by atoms with Crippen LogP contribution in [0.3, 0.4) is 0 Å². The predicted octanol–water partition coefficient (Wildman–Crippen LogP) is 2.45. The molecular formula is C16H26N4O. The number of furan rings is 1. The van der Waals surface area contributed by atoms with E-state index in [-0.39, 0.29) is 0 Å². The zero-order chi connectivity index (χ0) is 15.2. The number of nitrogens with one attached hydrogen (secondary N) is 1.